The molecule has 1 aliphatic rings. The molecule has 1 aliphatic carbocycles. The quantitative estimate of drug-likeness (QED) is 0.443. The summed E-state index contributed by atoms with van der Waals surface area (Å²) in [6.07, 6.45) is 9.28. The molecule has 0 heterocycles. The summed E-state index contributed by atoms with van der Waals surface area (Å²) < 4.78 is 18.1. The van der Waals surface area contributed by atoms with Gasteiger partial charge in [0.1, 0.15) is 5.75 Å². The van der Waals surface area contributed by atoms with Gasteiger partial charge < -0.3 is 13.9 Å². The number of allylic oxidation sites excluding steroid dienone is 1. The lowest BCUT2D eigenvalue weighted by Crippen LogP contribution is -2.44. The Labute approximate surface area is 160 Å². The molecule has 0 radical (unpaired) electrons. The SMILES string of the molecule is COc1ccc(CO[C@@H]2/C=C\CCCC(O[Si](C)(C)C(C)(C)C)C2)cc1. The second-order valence-electron chi connectivity index (χ2n) is 8.79. The highest BCUT2D eigenvalue weighted by atomic mass is 28.4. The molecule has 0 aromatic heterocycles. The molecule has 1 aromatic carbocycles. The summed E-state index contributed by atoms with van der Waals surface area (Å²) in [5, 5.41) is 0.241. The molecule has 0 fully saturated rings. The van der Waals surface area contributed by atoms with Crippen LogP contribution in [0.2, 0.25) is 18.1 Å². The van der Waals surface area contributed by atoms with E-state index in [1.165, 1.54) is 12.0 Å². The van der Waals surface area contributed by atoms with Crippen LogP contribution in [0.5, 0.6) is 5.75 Å². The van der Waals surface area contributed by atoms with E-state index in [1.807, 2.05) is 12.1 Å². The zero-order chi connectivity index (χ0) is 19.2. The molecule has 3 nitrogen and oxygen atoms in total. The highest BCUT2D eigenvalue weighted by molar-refractivity contribution is 6.74. The van der Waals surface area contributed by atoms with Crippen LogP contribution in [0.4, 0.5) is 0 Å². The van der Waals surface area contributed by atoms with Crippen molar-refractivity contribution in [1.29, 1.82) is 0 Å². The summed E-state index contributed by atoms with van der Waals surface area (Å²) in [5.74, 6) is 0.877. The molecular weight excluding hydrogens is 340 g/mol. The summed E-state index contributed by atoms with van der Waals surface area (Å²) in [5.41, 5.74) is 1.17. The number of benzene rings is 1. The fraction of sp³-hybridized carbons (Fsp3) is 0.636. The Balaban J connectivity index is 1.96. The molecule has 2 atom stereocenters. The van der Waals surface area contributed by atoms with Gasteiger partial charge in [0.25, 0.3) is 0 Å². The molecule has 146 valence electrons. The molecule has 0 N–H and O–H groups in total. The van der Waals surface area contributed by atoms with E-state index in [9.17, 15) is 0 Å². The number of ether oxygens (including phenoxy) is 2. The summed E-state index contributed by atoms with van der Waals surface area (Å²) >= 11 is 0. The molecule has 0 amide bonds. The number of methoxy groups -OCH3 is 1. The Morgan fingerprint density at radius 3 is 2.42 bits per heavy atom. The fourth-order valence-electron chi connectivity index (χ4n) is 2.92. The number of hydrogen-bond donors (Lipinski definition) is 0. The van der Waals surface area contributed by atoms with Crippen LogP contribution in [0, 0.1) is 0 Å². The van der Waals surface area contributed by atoms with E-state index in [0.717, 1.165) is 25.0 Å². The lowest BCUT2D eigenvalue weighted by atomic mass is 10.0. The van der Waals surface area contributed by atoms with E-state index in [4.69, 9.17) is 13.9 Å². The van der Waals surface area contributed by atoms with Crippen molar-refractivity contribution in [2.45, 2.75) is 83.4 Å². The van der Waals surface area contributed by atoms with Crippen molar-refractivity contribution in [3.8, 4) is 5.75 Å². The zero-order valence-electron chi connectivity index (χ0n) is 17.4. The van der Waals surface area contributed by atoms with Gasteiger partial charge in [0.05, 0.1) is 19.8 Å². The van der Waals surface area contributed by atoms with Crippen molar-refractivity contribution in [3.05, 3.63) is 42.0 Å². The maximum atomic E-state index is 6.70. The molecule has 0 aliphatic heterocycles. The Morgan fingerprint density at radius 1 is 1.12 bits per heavy atom. The van der Waals surface area contributed by atoms with Crippen LogP contribution in [-0.4, -0.2) is 27.6 Å². The van der Waals surface area contributed by atoms with Gasteiger partial charge in [-0.2, -0.15) is 0 Å². The van der Waals surface area contributed by atoms with Crippen molar-refractivity contribution in [2.24, 2.45) is 0 Å². The van der Waals surface area contributed by atoms with Crippen LogP contribution >= 0.6 is 0 Å². The minimum Gasteiger partial charge on any atom is -0.497 e. The van der Waals surface area contributed by atoms with Gasteiger partial charge in [-0.1, -0.05) is 45.1 Å². The Hall–Kier alpha value is -1.10. The molecule has 2 rings (SSSR count). The normalized spacial score (nSPS) is 23.2. The van der Waals surface area contributed by atoms with Gasteiger partial charge in [0.15, 0.2) is 8.32 Å². The maximum Gasteiger partial charge on any atom is 0.192 e. The third-order valence-corrected chi connectivity index (χ3v) is 10.2. The minimum atomic E-state index is -1.75. The second-order valence-corrected chi connectivity index (χ2v) is 13.5. The van der Waals surface area contributed by atoms with Gasteiger partial charge in [-0.3, -0.25) is 0 Å². The Morgan fingerprint density at radius 2 is 1.81 bits per heavy atom. The number of rotatable bonds is 6. The Kier molecular flexibility index (Phi) is 7.50. The predicted molar refractivity (Wildman–Crippen MR) is 111 cm³/mol. The van der Waals surface area contributed by atoms with Gasteiger partial charge in [0, 0.05) is 12.5 Å². The van der Waals surface area contributed by atoms with Gasteiger partial charge >= 0.3 is 0 Å². The smallest absolute Gasteiger partial charge is 0.192 e. The van der Waals surface area contributed by atoms with Gasteiger partial charge in [-0.05, 0) is 55.1 Å². The Bertz CT molecular complexity index is 572. The van der Waals surface area contributed by atoms with Gasteiger partial charge in [0.2, 0.25) is 0 Å². The van der Waals surface area contributed by atoms with E-state index < -0.39 is 8.32 Å². The first kappa shape index (κ1) is 21.2. The molecule has 0 bridgehead atoms. The summed E-state index contributed by atoms with van der Waals surface area (Å²) in [6, 6.07) is 8.09. The first-order valence-electron chi connectivity index (χ1n) is 9.80. The molecule has 1 aromatic rings. The third kappa shape index (κ3) is 6.25. The van der Waals surface area contributed by atoms with E-state index in [1.54, 1.807) is 7.11 Å². The van der Waals surface area contributed by atoms with Crippen molar-refractivity contribution in [3.63, 3.8) is 0 Å². The highest BCUT2D eigenvalue weighted by Crippen LogP contribution is 2.38. The average molecular weight is 377 g/mol. The molecule has 26 heavy (non-hydrogen) atoms. The standard InChI is InChI=1S/C22H36O3Si/c1-22(2,3)26(5,6)25-21-11-9-7-8-10-20(16-21)24-17-18-12-14-19(23-4)15-13-18/h8,10,12-15,20-21H,7,9,11,16-17H2,1-6H3/b10-8-/t20-,21?/m1/s1. The predicted octanol–water partition coefficient (Wildman–Crippen LogP) is 6.10. The molecular formula is C22H36O3Si. The lowest BCUT2D eigenvalue weighted by molar-refractivity contribution is 0.0298. The monoisotopic (exact) mass is 376 g/mol. The molecule has 0 saturated heterocycles. The topological polar surface area (TPSA) is 27.7 Å². The molecule has 0 spiro atoms. The first-order chi connectivity index (χ1) is 12.2. The van der Waals surface area contributed by atoms with Crippen LogP contribution in [0.15, 0.2) is 36.4 Å². The van der Waals surface area contributed by atoms with E-state index >= 15 is 0 Å². The van der Waals surface area contributed by atoms with E-state index in [2.05, 4.69) is 58.2 Å². The minimum absolute atomic E-state index is 0.118. The first-order valence-corrected chi connectivity index (χ1v) is 12.7. The average Bonchev–Trinajstić information content (AvgIpc) is 2.55. The third-order valence-electron chi connectivity index (χ3n) is 5.63. The second kappa shape index (κ2) is 9.20. The van der Waals surface area contributed by atoms with Crippen molar-refractivity contribution in [1.82, 2.24) is 0 Å². The van der Waals surface area contributed by atoms with Gasteiger partial charge in [-0.25, -0.2) is 0 Å². The van der Waals surface area contributed by atoms with Crippen molar-refractivity contribution >= 4 is 8.32 Å². The summed E-state index contributed by atoms with van der Waals surface area (Å²) in [7, 11) is -0.0639. The highest BCUT2D eigenvalue weighted by Gasteiger charge is 2.39. The van der Waals surface area contributed by atoms with Crippen LogP contribution < -0.4 is 4.74 Å². The zero-order valence-corrected chi connectivity index (χ0v) is 18.4. The van der Waals surface area contributed by atoms with Crippen LogP contribution in [-0.2, 0) is 15.8 Å². The van der Waals surface area contributed by atoms with E-state index in [-0.39, 0.29) is 11.1 Å². The van der Waals surface area contributed by atoms with Crippen molar-refractivity contribution < 1.29 is 13.9 Å². The summed E-state index contributed by atoms with van der Waals surface area (Å²) in [6.45, 7) is 12.2. The van der Waals surface area contributed by atoms with Crippen molar-refractivity contribution in [2.75, 3.05) is 7.11 Å². The fourth-order valence-corrected chi connectivity index (χ4v) is 4.32. The molecule has 0 saturated carbocycles. The van der Waals surface area contributed by atoms with Gasteiger partial charge in [-0.15, -0.1) is 0 Å². The van der Waals surface area contributed by atoms with E-state index in [0.29, 0.717) is 12.7 Å². The number of hydrogen-bond acceptors (Lipinski definition) is 3. The van der Waals surface area contributed by atoms with Crippen LogP contribution in [0.1, 0.15) is 52.0 Å². The largest absolute Gasteiger partial charge is 0.497 e. The maximum absolute atomic E-state index is 6.70. The van der Waals surface area contributed by atoms with Crippen LogP contribution in [0.3, 0.4) is 0 Å². The molecule has 1 unspecified atom stereocenters. The lowest BCUT2D eigenvalue weighted by Gasteiger charge is -2.40. The van der Waals surface area contributed by atoms with Crippen LogP contribution in [0.25, 0.3) is 0 Å². The molecule has 4 heteroatoms. The summed E-state index contributed by atoms with van der Waals surface area (Å²) in [4.78, 5) is 0.